The van der Waals surface area contributed by atoms with Crippen LogP contribution in [-0.2, 0) is 12.0 Å². The van der Waals surface area contributed by atoms with Gasteiger partial charge in [-0.05, 0) is 31.9 Å². The fraction of sp³-hybridized carbons (Fsp3) is 0.524. The molecule has 0 radical (unpaired) electrons. The number of para-hydroxylation sites is 1. The molecule has 0 saturated carbocycles. The molecular weight excluding hydrogens is 340 g/mol. The molecular formula is C21H32N4O2. The van der Waals surface area contributed by atoms with E-state index in [0.717, 1.165) is 35.1 Å². The lowest BCUT2D eigenvalue weighted by Crippen LogP contribution is -2.39. The van der Waals surface area contributed by atoms with Crippen LogP contribution in [-0.4, -0.2) is 30.6 Å². The highest BCUT2D eigenvalue weighted by Gasteiger charge is 2.19. The van der Waals surface area contributed by atoms with E-state index >= 15 is 0 Å². The molecule has 2 N–H and O–H groups in total. The predicted molar refractivity (Wildman–Crippen MR) is 109 cm³/mol. The Hall–Kier alpha value is -2.50. The first-order valence-corrected chi connectivity index (χ1v) is 9.47. The summed E-state index contributed by atoms with van der Waals surface area (Å²) in [5.41, 5.74) is 2.24. The van der Waals surface area contributed by atoms with Crippen molar-refractivity contribution in [2.24, 2.45) is 4.99 Å². The van der Waals surface area contributed by atoms with Gasteiger partial charge in [0.25, 0.3) is 0 Å². The van der Waals surface area contributed by atoms with E-state index in [1.807, 2.05) is 13.0 Å². The third kappa shape index (κ3) is 6.31. The zero-order valence-electron chi connectivity index (χ0n) is 17.3. The lowest BCUT2D eigenvalue weighted by Gasteiger charge is -2.14. The van der Waals surface area contributed by atoms with E-state index in [9.17, 15) is 0 Å². The zero-order valence-corrected chi connectivity index (χ0v) is 17.3. The van der Waals surface area contributed by atoms with Gasteiger partial charge in [-0.2, -0.15) is 0 Å². The molecule has 0 aliphatic heterocycles. The van der Waals surface area contributed by atoms with E-state index in [0.29, 0.717) is 25.6 Å². The number of guanidine groups is 1. The van der Waals surface area contributed by atoms with Crippen molar-refractivity contribution in [3.63, 3.8) is 0 Å². The molecule has 27 heavy (non-hydrogen) atoms. The average molecular weight is 373 g/mol. The molecule has 2 rings (SSSR count). The molecule has 0 amide bonds. The minimum atomic E-state index is -0.0528. The number of nitrogens with zero attached hydrogens (tertiary/aromatic N) is 2. The van der Waals surface area contributed by atoms with Gasteiger partial charge in [0.1, 0.15) is 24.7 Å². The Labute approximate surface area is 162 Å². The molecule has 0 saturated heterocycles. The number of hydrogen-bond donors (Lipinski definition) is 2. The molecule has 0 fully saturated rings. The number of ether oxygens (including phenoxy) is 1. The molecule has 0 aliphatic rings. The van der Waals surface area contributed by atoms with Gasteiger partial charge < -0.3 is 19.8 Å². The zero-order chi connectivity index (χ0) is 19.9. The number of aromatic nitrogens is 1. The van der Waals surface area contributed by atoms with Crippen LogP contribution in [0.5, 0.6) is 5.75 Å². The number of nitrogens with one attached hydrogen (secondary N) is 2. The van der Waals surface area contributed by atoms with Crippen LogP contribution in [0.15, 0.2) is 33.8 Å². The lowest BCUT2D eigenvalue weighted by molar-refractivity contribution is 0.317. The molecule has 2 aromatic rings. The second-order valence-corrected chi connectivity index (χ2v) is 7.56. The van der Waals surface area contributed by atoms with Crippen molar-refractivity contribution in [1.82, 2.24) is 15.6 Å². The largest absolute Gasteiger partial charge is 0.491 e. The fourth-order valence-corrected chi connectivity index (χ4v) is 2.57. The molecule has 0 atom stereocenters. The number of aliphatic imine (C=N–C) groups is 1. The van der Waals surface area contributed by atoms with Gasteiger partial charge in [-0.3, -0.25) is 0 Å². The number of aryl methyl sites for hydroxylation is 2. The number of oxazole rings is 1. The number of benzene rings is 1. The van der Waals surface area contributed by atoms with Crippen molar-refractivity contribution in [3.8, 4) is 5.75 Å². The van der Waals surface area contributed by atoms with E-state index in [1.54, 1.807) is 6.20 Å². The van der Waals surface area contributed by atoms with Gasteiger partial charge in [-0.1, -0.05) is 39.0 Å². The Morgan fingerprint density at radius 1 is 1.19 bits per heavy atom. The Kier molecular flexibility index (Phi) is 7.28. The van der Waals surface area contributed by atoms with Crippen LogP contribution < -0.4 is 15.4 Å². The van der Waals surface area contributed by atoms with E-state index in [2.05, 4.69) is 67.4 Å². The predicted octanol–water partition coefficient (Wildman–Crippen LogP) is 3.72. The van der Waals surface area contributed by atoms with E-state index < -0.39 is 0 Å². The number of hydrogen-bond acceptors (Lipinski definition) is 4. The SMILES string of the molecule is CCNC(=NCc1ncc(C(C)(C)C)o1)NCCOc1c(C)cccc1C. The molecule has 6 nitrogen and oxygen atoms in total. The quantitative estimate of drug-likeness (QED) is 0.440. The van der Waals surface area contributed by atoms with Crippen molar-refractivity contribution >= 4 is 5.96 Å². The first kappa shape index (κ1) is 20.8. The molecule has 1 aromatic carbocycles. The minimum absolute atomic E-state index is 0.0528. The first-order valence-electron chi connectivity index (χ1n) is 9.47. The van der Waals surface area contributed by atoms with Crippen molar-refractivity contribution in [1.29, 1.82) is 0 Å². The summed E-state index contributed by atoms with van der Waals surface area (Å²) >= 11 is 0. The maximum atomic E-state index is 5.92. The average Bonchev–Trinajstić information content (AvgIpc) is 3.08. The Balaban J connectivity index is 1.87. The maximum Gasteiger partial charge on any atom is 0.216 e. The molecule has 0 spiro atoms. The van der Waals surface area contributed by atoms with Gasteiger partial charge in [0.05, 0.1) is 12.7 Å². The normalized spacial score (nSPS) is 12.1. The van der Waals surface area contributed by atoms with Crippen LogP contribution in [0, 0.1) is 13.8 Å². The maximum absolute atomic E-state index is 5.92. The summed E-state index contributed by atoms with van der Waals surface area (Å²) in [6.07, 6.45) is 1.78. The van der Waals surface area contributed by atoms with Crippen LogP contribution in [0.1, 0.15) is 50.5 Å². The van der Waals surface area contributed by atoms with Crippen LogP contribution >= 0.6 is 0 Å². The van der Waals surface area contributed by atoms with Crippen LogP contribution in [0.25, 0.3) is 0 Å². The van der Waals surface area contributed by atoms with E-state index in [4.69, 9.17) is 9.15 Å². The van der Waals surface area contributed by atoms with Crippen LogP contribution in [0.3, 0.4) is 0 Å². The summed E-state index contributed by atoms with van der Waals surface area (Å²) in [7, 11) is 0. The summed E-state index contributed by atoms with van der Waals surface area (Å²) in [6, 6.07) is 6.16. The van der Waals surface area contributed by atoms with Gasteiger partial charge in [0, 0.05) is 12.0 Å². The Bertz CT molecular complexity index is 740. The molecule has 0 unspecified atom stereocenters. The minimum Gasteiger partial charge on any atom is -0.491 e. The van der Waals surface area contributed by atoms with Gasteiger partial charge >= 0.3 is 0 Å². The highest BCUT2D eigenvalue weighted by molar-refractivity contribution is 5.79. The van der Waals surface area contributed by atoms with Crippen molar-refractivity contribution in [3.05, 3.63) is 47.2 Å². The Morgan fingerprint density at radius 2 is 1.89 bits per heavy atom. The summed E-state index contributed by atoms with van der Waals surface area (Å²) in [4.78, 5) is 8.86. The highest BCUT2D eigenvalue weighted by atomic mass is 16.5. The van der Waals surface area contributed by atoms with Gasteiger partial charge in [-0.15, -0.1) is 0 Å². The third-order valence-corrected chi connectivity index (χ3v) is 4.06. The molecule has 0 bridgehead atoms. The van der Waals surface area contributed by atoms with Crippen LogP contribution in [0.2, 0.25) is 0 Å². The monoisotopic (exact) mass is 372 g/mol. The second kappa shape index (κ2) is 9.44. The second-order valence-electron chi connectivity index (χ2n) is 7.56. The fourth-order valence-electron chi connectivity index (χ4n) is 2.57. The summed E-state index contributed by atoms with van der Waals surface area (Å²) < 4.78 is 11.7. The lowest BCUT2D eigenvalue weighted by atomic mass is 9.94. The van der Waals surface area contributed by atoms with E-state index in [1.165, 1.54) is 0 Å². The smallest absolute Gasteiger partial charge is 0.216 e. The molecule has 148 valence electrons. The van der Waals surface area contributed by atoms with Crippen molar-refractivity contribution < 1.29 is 9.15 Å². The summed E-state index contributed by atoms with van der Waals surface area (Å²) in [6.45, 7) is 14.8. The first-order chi connectivity index (χ1) is 12.8. The van der Waals surface area contributed by atoms with Gasteiger partial charge in [-0.25, -0.2) is 9.98 Å². The number of rotatable bonds is 7. The van der Waals surface area contributed by atoms with Gasteiger partial charge in [0.15, 0.2) is 5.96 Å². The third-order valence-electron chi connectivity index (χ3n) is 4.06. The standard InChI is InChI=1S/C21H32N4O2/c1-7-22-20(25-14-18-24-13-17(27-18)21(4,5)6)23-11-12-26-19-15(2)9-8-10-16(19)3/h8-10,13H,7,11-12,14H2,1-6H3,(H2,22,23,25). The highest BCUT2D eigenvalue weighted by Crippen LogP contribution is 2.23. The summed E-state index contributed by atoms with van der Waals surface area (Å²) in [5, 5.41) is 6.51. The molecule has 1 aromatic heterocycles. The molecule has 0 aliphatic carbocycles. The Morgan fingerprint density at radius 3 is 2.48 bits per heavy atom. The van der Waals surface area contributed by atoms with Crippen LogP contribution in [0.4, 0.5) is 0 Å². The van der Waals surface area contributed by atoms with Crippen molar-refractivity contribution in [2.75, 3.05) is 19.7 Å². The topological polar surface area (TPSA) is 71.7 Å². The van der Waals surface area contributed by atoms with Crippen molar-refractivity contribution in [2.45, 2.75) is 53.5 Å². The summed E-state index contributed by atoms with van der Waals surface area (Å²) in [5.74, 6) is 3.16. The van der Waals surface area contributed by atoms with Gasteiger partial charge in [0.2, 0.25) is 5.89 Å². The molecule has 6 heteroatoms. The van der Waals surface area contributed by atoms with E-state index in [-0.39, 0.29) is 5.41 Å². The molecule has 1 heterocycles.